The molecule has 0 aliphatic rings. The van der Waals surface area contributed by atoms with Gasteiger partial charge in [0.25, 0.3) is 5.91 Å². The van der Waals surface area contributed by atoms with E-state index >= 15 is 4.39 Å². The van der Waals surface area contributed by atoms with E-state index < -0.39 is 11.7 Å². The van der Waals surface area contributed by atoms with Crippen LogP contribution in [0.15, 0.2) is 48.9 Å². The summed E-state index contributed by atoms with van der Waals surface area (Å²) in [5, 5.41) is 16.3. The van der Waals surface area contributed by atoms with Crippen LogP contribution < -0.4 is 5.32 Å². The minimum Gasteiger partial charge on any atom is -0.392 e. The molecule has 3 heterocycles. The molecule has 0 saturated carbocycles. The molecule has 4 rings (SSSR count). The van der Waals surface area contributed by atoms with Crippen molar-refractivity contribution in [3.8, 4) is 11.1 Å². The van der Waals surface area contributed by atoms with Gasteiger partial charge in [-0.3, -0.25) is 14.3 Å². The van der Waals surface area contributed by atoms with Gasteiger partial charge in [0.2, 0.25) is 0 Å². The van der Waals surface area contributed by atoms with Gasteiger partial charge in [0.15, 0.2) is 11.6 Å². The van der Waals surface area contributed by atoms with Crippen molar-refractivity contribution in [2.24, 2.45) is 7.05 Å². The van der Waals surface area contributed by atoms with E-state index in [4.69, 9.17) is 0 Å². The number of benzene rings is 1. The molecule has 1 aromatic carbocycles. The molecule has 1 amide bonds. The third-order valence-electron chi connectivity index (χ3n) is 5.11. The highest BCUT2D eigenvalue weighted by Crippen LogP contribution is 2.30. The van der Waals surface area contributed by atoms with E-state index in [-0.39, 0.29) is 29.2 Å². The molecule has 0 aliphatic heterocycles. The summed E-state index contributed by atoms with van der Waals surface area (Å²) < 4.78 is 18.5. The lowest BCUT2D eigenvalue weighted by Gasteiger charge is -2.11. The monoisotopic (exact) mass is 420 g/mol. The Bertz CT molecular complexity index is 1340. The van der Waals surface area contributed by atoms with Crippen molar-refractivity contribution in [2.45, 2.75) is 20.5 Å². The Morgan fingerprint density at radius 2 is 2.00 bits per heavy atom. The number of nitrogens with one attached hydrogen (secondary N) is 1. The molecule has 0 aliphatic carbocycles. The van der Waals surface area contributed by atoms with Gasteiger partial charge in [-0.15, -0.1) is 0 Å². The average Bonchev–Trinajstić information content (AvgIpc) is 3.33. The number of rotatable bonds is 5. The first-order valence-electron chi connectivity index (χ1n) is 9.64. The van der Waals surface area contributed by atoms with Crippen LogP contribution in [0.1, 0.15) is 38.9 Å². The highest BCUT2D eigenvalue weighted by atomic mass is 19.1. The Balaban J connectivity index is 1.79. The molecule has 8 heteroatoms. The number of aryl methyl sites for hydroxylation is 2. The molecule has 0 radical (unpaired) electrons. The second-order valence-electron chi connectivity index (χ2n) is 7.48. The topological polar surface area (TPSA) is 88.6 Å². The summed E-state index contributed by atoms with van der Waals surface area (Å²) in [6.45, 7) is 2.99. The number of Topliss-reactive ketones (excluding diaryl/α,β-unsaturated/α-hetero) is 1. The van der Waals surface area contributed by atoms with Crippen LogP contribution in [-0.2, 0) is 13.7 Å². The van der Waals surface area contributed by atoms with Gasteiger partial charge in [0.05, 0.1) is 35.3 Å². The number of fused-ring (bicyclic) bond motifs is 1. The van der Waals surface area contributed by atoms with Crippen molar-refractivity contribution in [1.82, 2.24) is 14.2 Å². The van der Waals surface area contributed by atoms with Crippen molar-refractivity contribution < 1.29 is 19.1 Å². The Kier molecular flexibility index (Phi) is 5.16. The summed E-state index contributed by atoms with van der Waals surface area (Å²) in [7, 11) is 1.72. The molecule has 2 N–H and O–H groups in total. The van der Waals surface area contributed by atoms with E-state index in [2.05, 4.69) is 10.4 Å². The maximum Gasteiger partial charge on any atom is 0.257 e. The SMILES string of the molecule is CC(=O)c1cc(C(=O)Nc2cc(CO)cc(-c3cnn(C)c3)c2F)c2cc(C)ccn12. The second kappa shape index (κ2) is 7.81. The number of carbonyl (C=O) groups is 2. The minimum atomic E-state index is -0.634. The summed E-state index contributed by atoms with van der Waals surface area (Å²) in [6, 6.07) is 8.05. The molecule has 0 atom stereocenters. The van der Waals surface area contributed by atoms with Gasteiger partial charge in [-0.2, -0.15) is 5.10 Å². The number of carbonyl (C=O) groups excluding carboxylic acids is 2. The summed E-state index contributed by atoms with van der Waals surface area (Å²) in [5.74, 6) is -1.38. The number of nitrogens with zero attached hydrogens (tertiary/aromatic N) is 3. The third kappa shape index (κ3) is 3.73. The number of amides is 1. The quantitative estimate of drug-likeness (QED) is 0.482. The zero-order valence-electron chi connectivity index (χ0n) is 17.3. The number of hydrogen-bond donors (Lipinski definition) is 2. The standard InChI is InChI=1S/C23H21FN4O3/c1-13-4-5-28-20(14(2)30)9-18(21(28)6-13)23(31)26-19-8-15(12-29)7-17(22(19)24)16-10-25-27(3)11-16/h4-11,29H,12H2,1-3H3,(H,26,31). The maximum atomic E-state index is 15.3. The fourth-order valence-corrected chi connectivity index (χ4v) is 3.58. The van der Waals surface area contributed by atoms with E-state index in [0.717, 1.165) is 5.56 Å². The molecule has 0 spiro atoms. The Morgan fingerprint density at radius 1 is 1.23 bits per heavy atom. The number of hydrogen-bond acceptors (Lipinski definition) is 4. The van der Waals surface area contributed by atoms with Crippen LogP contribution in [0.2, 0.25) is 0 Å². The van der Waals surface area contributed by atoms with Crippen LogP contribution in [-0.4, -0.2) is 31.0 Å². The van der Waals surface area contributed by atoms with Crippen molar-refractivity contribution in [3.05, 3.63) is 77.1 Å². The van der Waals surface area contributed by atoms with E-state index in [1.54, 1.807) is 29.9 Å². The predicted molar refractivity (Wildman–Crippen MR) is 115 cm³/mol. The fraction of sp³-hybridized carbons (Fsp3) is 0.174. The van der Waals surface area contributed by atoms with Gasteiger partial charge in [-0.1, -0.05) is 0 Å². The van der Waals surface area contributed by atoms with E-state index in [9.17, 15) is 14.7 Å². The lowest BCUT2D eigenvalue weighted by Crippen LogP contribution is -2.13. The number of aliphatic hydroxyl groups excluding tert-OH is 1. The van der Waals surface area contributed by atoms with E-state index in [1.165, 1.54) is 36.0 Å². The number of ketones is 1. The van der Waals surface area contributed by atoms with Gasteiger partial charge in [0.1, 0.15) is 0 Å². The molecule has 4 aromatic rings. The molecule has 0 unspecified atom stereocenters. The van der Waals surface area contributed by atoms with Crippen LogP contribution >= 0.6 is 0 Å². The van der Waals surface area contributed by atoms with Crippen LogP contribution in [0.25, 0.3) is 16.6 Å². The number of anilines is 1. The fourth-order valence-electron chi connectivity index (χ4n) is 3.58. The highest BCUT2D eigenvalue weighted by molar-refractivity contribution is 6.11. The smallest absolute Gasteiger partial charge is 0.257 e. The largest absolute Gasteiger partial charge is 0.392 e. The summed E-state index contributed by atoms with van der Waals surface area (Å²) in [5.41, 5.74) is 3.21. The van der Waals surface area contributed by atoms with Crippen molar-refractivity contribution >= 4 is 22.9 Å². The molecule has 158 valence electrons. The van der Waals surface area contributed by atoms with E-state index in [1.807, 2.05) is 13.0 Å². The minimum absolute atomic E-state index is 0.0632. The lowest BCUT2D eigenvalue weighted by molar-refractivity contribution is 0.101. The van der Waals surface area contributed by atoms with Crippen molar-refractivity contribution in [3.63, 3.8) is 0 Å². The number of aromatic nitrogens is 3. The Labute approximate surface area is 177 Å². The zero-order valence-corrected chi connectivity index (χ0v) is 17.3. The molecule has 0 bridgehead atoms. The summed E-state index contributed by atoms with van der Waals surface area (Å²) in [4.78, 5) is 25.1. The predicted octanol–water partition coefficient (Wildman–Crippen LogP) is 3.73. The zero-order chi connectivity index (χ0) is 22.3. The Morgan fingerprint density at radius 3 is 2.65 bits per heavy atom. The molecule has 0 fully saturated rings. The van der Waals surface area contributed by atoms with Crippen LogP contribution in [0.3, 0.4) is 0 Å². The van der Waals surface area contributed by atoms with Crippen molar-refractivity contribution in [2.75, 3.05) is 5.32 Å². The first-order chi connectivity index (χ1) is 14.8. The lowest BCUT2D eigenvalue weighted by atomic mass is 10.0. The molecule has 0 saturated heterocycles. The summed E-state index contributed by atoms with van der Waals surface area (Å²) >= 11 is 0. The van der Waals surface area contributed by atoms with Gasteiger partial charge in [-0.05, 0) is 48.4 Å². The molecule has 7 nitrogen and oxygen atoms in total. The van der Waals surface area contributed by atoms with Gasteiger partial charge in [0, 0.05) is 37.5 Å². The van der Waals surface area contributed by atoms with Crippen LogP contribution in [0.5, 0.6) is 0 Å². The molecular formula is C23H21FN4O3. The number of aliphatic hydroxyl groups is 1. The first kappa shape index (κ1) is 20.5. The average molecular weight is 420 g/mol. The normalized spacial score (nSPS) is 11.1. The maximum absolute atomic E-state index is 15.3. The molecule has 3 aromatic heterocycles. The van der Waals surface area contributed by atoms with Crippen LogP contribution in [0, 0.1) is 12.7 Å². The van der Waals surface area contributed by atoms with Gasteiger partial charge >= 0.3 is 0 Å². The highest BCUT2D eigenvalue weighted by Gasteiger charge is 2.21. The van der Waals surface area contributed by atoms with Gasteiger partial charge in [-0.25, -0.2) is 4.39 Å². The Hall–Kier alpha value is -3.78. The third-order valence-corrected chi connectivity index (χ3v) is 5.11. The van der Waals surface area contributed by atoms with Gasteiger partial charge < -0.3 is 14.8 Å². The van der Waals surface area contributed by atoms with Crippen LogP contribution in [0.4, 0.5) is 10.1 Å². The van der Waals surface area contributed by atoms with E-state index in [0.29, 0.717) is 22.3 Å². The number of halogens is 1. The first-order valence-corrected chi connectivity index (χ1v) is 9.64. The summed E-state index contributed by atoms with van der Waals surface area (Å²) in [6.07, 6.45) is 4.88. The second-order valence-corrected chi connectivity index (χ2v) is 7.48. The molecule has 31 heavy (non-hydrogen) atoms. The number of pyridine rings is 1. The van der Waals surface area contributed by atoms with Crippen molar-refractivity contribution in [1.29, 1.82) is 0 Å². The molecular weight excluding hydrogens is 399 g/mol.